The molecule has 27 heavy (non-hydrogen) atoms. The number of hydrogen-bond donors (Lipinski definition) is 2. The molecule has 1 aliphatic rings. The number of nitrogens with one attached hydrogen (secondary N) is 2. The molecule has 0 aliphatic carbocycles. The van der Waals surface area contributed by atoms with Gasteiger partial charge in [-0.1, -0.05) is 0 Å². The zero-order valence-corrected chi connectivity index (χ0v) is 14.2. The van der Waals surface area contributed by atoms with Crippen LogP contribution in [0, 0.1) is 11.3 Å². The SMILES string of the molecule is N=N/C(=C\Nc1ccc(F)c(C(F)F)c1)COc1ncc(N2CCC2)cn1. The minimum absolute atomic E-state index is 0.0948. The summed E-state index contributed by atoms with van der Waals surface area (Å²) in [6, 6.07) is 3.38. The lowest BCUT2D eigenvalue weighted by Crippen LogP contribution is -2.37. The van der Waals surface area contributed by atoms with Crippen molar-refractivity contribution in [3.63, 3.8) is 0 Å². The molecule has 0 atom stereocenters. The number of alkyl halides is 2. The number of rotatable bonds is 8. The van der Waals surface area contributed by atoms with Crippen LogP contribution in [0.1, 0.15) is 18.4 Å². The van der Waals surface area contributed by atoms with E-state index in [1.165, 1.54) is 12.3 Å². The highest BCUT2D eigenvalue weighted by molar-refractivity contribution is 5.49. The van der Waals surface area contributed by atoms with E-state index in [0.29, 0.717) is 0 Å². The third-order valence-electron chi connectivity index (χ3n) is 3.97. The molecule has 1 fully saturated rings. The highest BCUT2D eigenvalue weighted by Gasteiger charge is 2.15. The van der Waals surface area contributed by atoms with Gasteiger partial charge in [0.25, 0.3) is 6.43 Å². The zero-order chi connectivity index (χ0) is 19.2. The number of halogens is 3. The molecule has 1 aliphatic heterocycles. The summed E-state index contributed by atoms with van der Waals surface area (Å²) in [5.74, 6) is -0.980. The number of nitrogens with zero attached hydrogens (tertiary/aromatic N) is 4. The molecule has 1 saturated heterocycles. The Labute approximate surface area is 153 Å². The standard InChI is InChI=1S/C17H17F3N6O/c18-15-3-2-11(6-14(15)16(19)20)22-7-12(25-21)10-27-17-23-8-13(9-24-17)26-4-1-5-26/h2-3,6-9,16,21-22H,1,4-5,10H2/b12-7-,25-21?. The molecular formula is C17H17F3N6O. The quantitative estimate of drug-likeness (QED) is 0.675. The van der Waals surface area contributed by atoms with Crippen LogP contribution in [0.3, 0.4) is 0 Å². The number of ether oxygens (including phenoxy) is 1. The van der Waals surface area contributed by atoms with Crippen molar-refractivity contribution in [2.45, 2.75) is 12.8 Å². The van der Waals surface area contributed by atoms with Crippen LogP contribution in [0.15, 0.2) is 47.6 Å². The molecule has 142 valence electrons. The predicted molar refractivity (Wildman–Crippen MR) is 92.6 cm³/mol. The maximum absolute atomic E-state index is 13.3. The molecule has 0 unspecified atom stereocenters. The normalized spacial score (nSPS) is 14.1. The fourth-order valence-electron chi connectivity index (χ4n) is 2.33. The molecule has 1 aromatic heterocycles. The summed E-state index contributed by atoms with van der Waals surface area (Å²) in [6.45, 7) is 1.87. The molecular weight excluding hydrogens is 361 g/mol. The molecule has 1 aromatic carbocycles. The minimum Gasteiger partial charge on any atom is -0.457 e. The van der Waals surface area contributed by atoms with Crippen molar-refractivity contribution in [1.29, 1.82) is 5.53 Å². The summed E-state index contributed by atoms with van der Waals surface area (Å²) >= 11 is 0. The van der Waals surface area contributed by atoms with Gasteiger partial charge >= 0.3 is 6.01 Å². The van der Waals surface area contributed by atoms with Crippen molar-refractivity contribution < 1.29 is 17.9 Å². The lowest BCUT2D eigenvalue weighted by Gasteiger charge is -2.32. The predicted octanol–water partition coefficient (Wildman–Crippen LogP) is 4.13. The minimum atomic E-state index is -2.92. The summed E-state index contributed by atoms with van der Waals surface area (Å²) in [5.41, 5.74) is 7.80. The first-order valence-corrected chi connectivity index (χ1v) is 8.17. The van der Waals surface area contributed by atoms with Crippen molar-refractivity contribution >= 4 is 11.4 Å². The zero-order valence-electron chi connectivity index (χ0n) is 14.2. The lowest BCUT2D eigenvalue weighted by atomic mass is 10.2. The molecule has 2 N–H and O–H groups in total. The molecule has 2 heterocycles. The maximum atomic E-state index is 13.3. The average molecular weight is 378 g/mol. The largest absolute Gasteiger partial charge is 0.457 e. The van der Waals surface area contributed by atoms with Crippen molar-refractivity contribution in [2.75, 3.05) is 29.9 Å². The molecule has 2 aromatic rings. The number of aromatic nitrogens is 2. The van der Waals surface area contributed by atoms with Gasteiger partial charge < -0.3 is 15.0 Å². The van der Waals surface area contributed by atoms with Gasteiger partial charge in [-0.2, -0.15) is 5.11 Å². The summed E-state index contributed by atoms with van der Waals surface area (Å²) in [5, 5.41) is 5.99. The van der Waals surface area contributed by atoms with Crippen LogP contribution in [-0.2, 0) is 0 Å². The molecule has 7 nitrogen and oxygen atoms in total. The van der Waals surface area contributed by atoms with Gasteiger partial charge in [-0.05, 0) is 24.6 Å². The Morgan fingerprint density at radius 3 is 2.67 bits per heavy atom. The van der Waals surface area contributed by atoms with E-state index in [4.69, 9.17) is 10.3 Å². The Morgan fingerprint density at radius 2 is 2.07 bits per heavy atom. The molecule has 0 saturated carbocycles. The van der Waals surface area contributed by atoms with E-state index >= 15 is 0 Å². The molecule has 0 bridgehead atoms. The van der Waals surface area contributed by atoms with E-state index in [1.54, 1.807) is 12.4 Å². The van der Waals surface area contributed by atoms with Gasteiger partial charge in [0.2, 0.25) is 0 Å². The Kier molecular flexibility index (Phi) is 5.84. The van der Waals surface area contributed by atoms with E-state index in [0.717, 1.165) is 37.3 Å². The third kappa shape index (κ3) is 4.72. The smallest absolute Gasteiger partial charge is 0.316 e. The van der Waals surface area contributed by atoms with Crippen LogP contribution in [0.5, 0.6) is 6.01 Å². The lowest BCUT2D eigenvalue weighted by molar-refractivity contribution is 0.146. The van der Waals surface area contributed by atoms with E-state index in [-0.39, 0.29) is 24.0 Å². The second kappa shape index (κ2) is 8.47. The Bertz CT molecular complexity index is 824. The highest BCUT2D eigenvalue weighted by atomic mass is 19.3. The van der Waals surface area contributed by atoms with Gasteiger partial charge in [0, 0.05) is 25.0 Å². The average Bonchev–Trinajstić information content (AvgIpc) is 2.62. The van der Waals surface area contributed by atoms with E-state index < -0.39 is 17.8 Å². The van der Waals surface area contributed by atoms with Crippen LogP contribution in [0.4, 0.5) is 24.5 Å². The monoisotopic (exact) mass is 378 g/mol. The Hall–Kier alpha value is -3.17. The van der Waals surface area contributed by atoms with Gasteiger partial charge in [0.1, 0.15) is 18.1 Å². The van der Waals surface area contributed by atoms with Crippen molar-refractivity contribution in [1.82, 2.24) is 9.97 Å². The summed E-state index contributed by atoms with van der Waals surface area (Å²) in [6.07, 6.45) is 2.86. The van der Waals surface area contributed by atoms with Crippen LogP contribution >= 0.6 is 0 Å². The van der Waals surface area contributed by atoms with Crippen LogP contribution in [0.2, 0.25) is 0 Å². The molecule has 3 rings (SSSR count). The van der Waals surface area contributed by atoms with E-state index in [9.17, 15) is 13.2 Å². The number of hydrogen-bond acceptors (Lipinski definition) is 7. The van der Waals surface area contributed by atoms with Crippen LogP contribution in [-0.4, -0.2) is 29.7 Å². The summed E-state index contributed by atoms with van der Waals surface area (Å²) in [4.78, 5) is 10.3. The van der Waals surface area contributed by atoms with Crippen molar-refractivity contribution in [2.24, 2.45) is 5.11 Å². The maximum Gasteiger partial charge on any atom is 0.316 e. The van der Waals surface area contributed by atoms with Gasteiger partial charge in [0.05, 0.1) is 23.6 Å². The van der Waals surface area contributed by atoms with Gasteiger partial charge in [-0.25, -0.2) is 28.7 Å². The molecule has 10 heteroatoms. The van der Waals surface area contributed by atoms with Gasteiger partial charge in [0.15, 0.2) is 0 Å². The van der Waals surface area contributed by atoms with Crippen LogP contribution < -0.4 is 15.0 Å². The fraction of sp³-hybridized carbons (Fsp3) is 0.294. The topological polar surface area (TPSA) is 86.5 Å². The van der Waals surface area contributed by atoms with Crippen LogP contribution in [0.25, 0.3) is 0 Å². The highest BCUT2D eigenvalue weighted by Crippen LogP contribution is 2.25. The van der Waals surface area contributed by atoms with Gasteiger partial charge in [-0.3, -0.25) is 0 Å². The summed E-state index contributed by atoms with van der Waals surface area (Å²) < 4.78 is 44.1. The second-order valence-electron chi connectivity index (χ2n) is 5.78. The van der Waals surface area contributed by atoms with E-state index in [2.05, 4.69) is 25.3 Å². The molecule has 0 amide bonds. The van der Waals surface area contributed by atoms with Gasteiger partial charge in [-0.15, -0.1) is 0 Å². The second-order valence-corrected chi connectivity index (χ2v) is 5.78. The first-order chi connectivity index (χ1) is 13.1. The fourth-order valence-corrected chi connectivity index (χ4v) is 2.33. The molecule has 0 radical (unpaired) electrons. The first-order valence-electron chi connectivity index (χ1n) is 8.17. The third-order valence-corrected chi connectivity index (χ3v) is 3.97. The van der Waals surface area contributed by atoms with Crippen molar-refractivity contribution in [3.05, 3.63) is 53.9 Å². The first kappa shape index (κ1) is 18.6. The Morgan fingerprint density at radius 1 is 1.33 bits per heavy atom. The summed E-state index contributed by atoms with van der Waals surface area (Å²) in [7, 11) is 0. The van der Waals surface area contributed by atoms with Crippen molar-refractivity contribution in [3.8, 4) is 6.01 Å². The molecule has 0 spiro atoms. The Balaban J connectivity index is 1.58. The number of anilines is 2. The number of benzene rings is 1. The van der Waals surface area contributed by atoms with E-state index in [1.807, 2.05) is 0 Å².